The zero-order valence-electron chi connectivity index (χ0n) is 16.2. The number of nitrogens with zero attached hydrogens (tertiary/aromatic N) is 3. The van der Waals surface area contributed by atoms with Gasteiger partial charge < -0.3 is 0 Å². The molecule has 0 atom stereocenters. The minimum Gasteiger partial charge on any atom is -0.286 e. The topological polar surface area (TPSA) is 56.9 Å². The fourth-order valence-corrected chi connectivity index (χ4v) is 3.89. The zero-order valence-corrected chi connectivity index (χ0v) is 17.0. The minimum atomic E-state index is -1.06. The van der Waals surface area contributed by atoms with Gasteiger partial charge in [-0.1, -0.05) is 35.5 Å². The van der Waals surface area contributed by atoms with Crippen LogP contribution in [0.15, 0.2) is 52.1 Å². The summed E-state index contributed by atoms with van der Waals surface area (Å²) in [6.45, 7) is -0.220. The first-order valence-corrected chi connectivity index (χ1v) is 9.93. The Hall–Kier alpha value is -3.64. The molecule has 31 heavy (non-hydrogen) atoms. The summed E-state index contributed by atoms with van der Waals surface area (Å²) in [5.41, 5.74) is -0.0635. The number of hydrogen-bond acceptors (Lipinski definition) is 4. The molecule has 4 rings (SSSR count). The maximum atomic E-state index is 13.5. The fraction of sp³-hybridized carbons (Fsp3) is 0.136. The van der Waals surface area contributed by atoms with E-state index in [9.17, 15) is 22.8 Å². The van der Waals surface area contributed by atoms with Gasteiger partial charge >= 0.3 is 5.69 Å². The van der Waals surface area contributed by atoms with E-state index in [1.54, 1.807) is 12.1 Å². The van der Waals surface area contributed by atoms with Crippen LogP contribution in [0.2, 0.25) is 0 Å². The number of halogens is 3. The predicted octanol–water partition coefficient (Wildman–Crippen LogP) is 3.22. The Morgan fingerprint density at radius 1 is 1.00 bits per heavy atom. The van der Waals surface area contributed by atoms with E-state index in [4.69, 9.17) is 0 Å². The highest BCUT2D eigenvalue weighted by Crippen LogP contribution is 2.17. The Morgan fingerprint density at radius 2 is 1.71 bits per heavy atom. The van der Waals surface area contributed by atoms with Gasteiger partial charge in [-0.15, -0.1) is 0 Å². The summed E-state index contributed by atoms with van der Waals surface area (Å²) in [5.74, 6) is 3.38. The van der Waals surface area contributed by atoms with Crippen molar-refractivity contribution < 1.29 is 13.2 Å². The van der Waals surface area contributed by atoms with Crippen molar-refractivity contribution in [2.45, 2.75) is 13.0 Å². The second kappa shape index (κ2) is 8.24. The molecule has 156 valence electrons. The Bertz CT molecular complexity index is 1470. The van der Waals surface area contributed by atoms with Crippen molar-refractivity contribution in [1.29, 1.82) is 0 Å². The van der Waals surface area contributed by atoms with Gasteiger partial charge in [0.25, 0.3) is 5.56 Å². The number of aryl methyl sites for hydroxylation is 1. The third kappa shape index (κ3) is 4.15. The molecule has 0 saturated heterocycles. The zero-order chi connectivity index (χ0) is 22.1. The molecular formula is C22H14F3N3O2S. The molecule has 0 fully saturated rings. The van der Waals surface area contributed by atoms with E-state index in [1.807, 2.05) is 0 Å². The van der Waals surface area contributed by atoms with Gasteiger partial charge in [-0.25, -0.2) is 22.9 Å². The lowest BCUT2D eigenvalue weighted by Gasteiger charge is -2.08. The molecule has 0 saturated carbocycles. The SMILES string of the molecule is Cn1c(=O)n(Cc2ccc(F)c(F)c2)c(=O)c2nc(C#CCc3ccc(F)cc3)sc21. The Balaban J connectivity index is 1.69. The molecule has 0 N–H and O–H groups in total. The molecule has 9 heteroatoms. The van der Waals surface area contributed by atoms with E-state index in [0.29, 0.717) is 16.3 Å². The Morgan fingerprint density at radius 3 is 2.42 bits per heavy atom. The average Bonchev–Trinajstić information content (AvgIpc) is 3.18. The highest BCUT2D eigenvalue weighted by molar-refractivity contribution is 7.18. The van der Waals surface area contributed by atoms with Crippen molar-refractivity contribution in [3.8, 4) is 11.8 Å². The second-order valence-electron chi connectivity index (χ2n) is 6.76. The van der Waals surface area contributed by atoms with Crippen LogP contribution in [0.5, 0.6) is 0 Å². The summed E-state index contributed by atoms with van der Waals surface area (Å²) in [5, 5.41) is 0.356. The molecule has 0 bridgehead atoms. The number of benzene rings is 2. The molecule has 0 aliphatic carbocycles. The molecule has 0 radical (unpaired) electrons. The second-order valence-corrected chi connectivity index (χ2v) is 7.74. The molecule has 0 unspecified atom stereocenters. The summed E-state index contributed by atoms with van der Waals surface area (Å²) in [6, 6.07) is 9.14. The van der Waals surface area contributed by atoms with E-state index in [2.05, 4.69) is 16.8 Å². The van der Waals surface area contributed by atoms with E-state index in [-0.39, 0.29) is 23.4 Å². The predicted molar refractivity (Wildman–Crippen MR) is 112 cm³/mol. The number of aromatic nitrogens is 3. The summed E-state index contributed by atoms with van der Waals surface area (Å²) >= 11 is 1.10. The van der Waals surface area contributed by atoms with Gasteiger partial charge in [0.1, 0.15) is 10.6 Å². The van der Waals surface area contributed by atoms with Crippen molar-refractivity contribution in [2.75, 3.05) is 0 Å². The van der Waals surface area contributed by atoms with Gasteiger partial charge in [-0.2, -0.15) is 0 Å². The summed E-state index contributed by atoms with van der Waals surface area (Å²) in [4.78, 5) is 30.1. The van der Waals surface area contributed by atoms with Crippen LogP contribution < -0.4 is 11.2 Å². The molecule has 2 aromatic carbocycles. The van der Waals surface area contributed by atoms with Crippen molar-refractivity contribution in [3.63, 3.8) is 0 Å². The summed E-state index contributed by atoms with van der Waals surface area (Å²) in [7, 11) is 1.50. The molecule has 4 aromatic rings. The highest BCUT2D eigenvalue weighted by Gasteiger charge is 2.16. The highest BCUT2D eigenvalue weighted by atomic mass is 32.1. The first-order valence-electron chi connectivity index (χ1n) is 9.11. The molecule has 5 nitrogen and oxygen atoms in total. The van der Waals surface area contributed by atoms with Gasteiger partial charge in [-0.05, 0) is 41.3 Å². The van der Waals surface area contributed by atoms with Crippen LogP contribution >= 0.6 is 11.3 Å². The van der Waals surface area contributed by atoms with E-state index >= 15 is 0 Å². The van der Waals surface area contributed by atoms with Crippen molar-refractivity contribution in [1.82, 2.24) is 14.1 Å². The van der Waals surface area contributed by atoms with Gasteiger partial charge in [0, 0.05) is 13.5 Å². The van der Waals surface area contributed by atoms with Gasteiger partial charge in [-0.3, -0.25) is 13.9 Å². The normalized spacial score (nSPS) is 10.8. The molecular weight excluding hydrogens is 427 g/mol. The quantitative estimate of drug-likeness (QED) is 0.459. The fourth-order valence-electron chi connectivity index (χ4n) is 3.00. The molecule has 0 amide bonds. The van der Waals surface area contributed by atoms with Crippen LogP contribution in [-0.4, -0.2) is 14.1 Å². The van der Waals surface area contributed by atoms with Crippen LogP contribution in [-0.2, 0) is 20.0 Å². The summed E-state index contributed by atoms with van der Waals surface area (Å²) in [6.07, 6.45) is 0.371. The van der Waals surface area contributed by atoms with Gasteiger partial charge in [0.05, 0.1) is 6.54 Å². The molecule has 2 aromatic heterocycles. The van der Waals surface area contributed by atoms with Crippen LogP contribution in [0.25, 0.3) is 10.3 Å². The molecule has 0 spiro atoms. The first kappa shape index (κ1) is 20.6. The first-order chi connectivity index (χ1) is 14.8. The molecule has 0 aliphatic rings. The largest absolute Gasteiger partial charge is 0.332 e. The van der Waals surface area contributed by atoms with Gasteiger partial charge in [0.2, 0.25) is 0 Å². The third-order valence-electron chi connectivity index (χ3n) is 4.61. The monoisotopic (exact) mass is 441 g/mol. The van der Waals surface area contributed by atoms with Crippen molar-refractivity contribution in [2.24, 2.45) is 7.05 Å². The van der Waals surface area contributed by atoms with Crippen molar-refractivity contribution >= 4 is 21.7 Å². The number of fused-ring (bicyclic) bond motifs is 1. The lowest BCUT2D eigenvalue weighted by atomic mass is 10.1. The van der Waals surface area contributed by atoms with Crippen LogP contribution in [0.1, 0.15) is 16.1 Å². The van der Waals surface area contributed by atoms with Crippen LogP contribution in [0.3, 0.4) is 0 Å². The Kier molecular flexibility index (Phi) is 5.48. The number of rotatable bonds is 3. The van der Waals surface area contributed by atoms with E-state index in [1.165, 1.54) is 29.8 Å². The standard InChI is InChI=1S/C22H14F3N3O2S/c1-27-21-19(26-18(31-21)4-2-3-13-5-8-15(23)9-6-13)20(29)28(22(27)30)12-14-7-10-16(24)17(25)11-14/h5-11H,3,12H2,1H3. The van der Waals surface area contributed by atoms with Crippen LogP contribution in [0.4, 0.5) is 13.2 Å². The number of thiazole rings is 1. The molecule has 2 heterocycles. The summed E-state index contributed by atoms with van der Waals surface area (Å²) < 4.78 is 41.8. The Labute approximate surface area is 178 Å². The van der Waals surface area contributed by atoms with Crippen molar-refractivity contribution in [3.05, 3.63) is 96.9 Å². The lowest BCUT2D eigenvalue weighted by molar-refractivity contribution is 0.506. The smallest absolute Gasteiger partial charge is 0.286 e. The van der Waals surface area contributed by atoms with E-state index in [0.717, 1.165) is 33.6 Å². The van der Waals surface area contributed by atoms with Gasteiger partial charge in [0.15, 0.2) is 22.2 Å². The average molecular weight is 441 g/mol. The third-order valence-corrected chi connectivity index (χ3v) is 5.65. The van der Waals surface area contributed by atoms with Crippen LogP contribution in [0, 0.1) is 29.3 Å². The maximum absolute atomic E-state index is 13.5. The minimum absolute atomic E-state index is 0.0702. The maximum Gasteiger partial charge on any atom is 0.332 e. The van der Waals surface area contributed by atoms with E-state index < -0.39 is 22.9 Å². The molecule has 0 aliphatic heterocycles. The lowest BCUT2D eigenvalue weighted by Crippen LogP contribution is -2.39. The number of hydrogen-bond donors (Lipinski definition) is 0.